The lowest BCUT2D eigenvalue weighted by Crippen LogP contribution is -2.28. The maximum Gasteiger partial charge on any atom is 0.160 e. The molecule has 1 heterocycles. The molecule has 2 aromatic rings. The lowest BCUT2D eigenvalue weighted by Gasteiger charge is -2.30. The molecule has 0 saturated carbocycles. The van der Waals surface area contributed by atoms with E-state index >= 15 is 0 Å². The minimum absolute atomic E-state index is 0.129. The first-order chi connectivity index (χ1) is 14.5. The Bertz CT molecular complexity index is 894. The zero-order chi connectivity index (χ0) is 22.8. The Morgan fingerprint density at radius 3 is 2.00 bits per heavy atom. The van der Waals surface area contributed by atoms with Gasteiger partial charge < -0.3 is 10.0 Å². The van der Waals surface area contributed by atoms with E-state index in [0.29, 0.717) is 11.0 Å². The van der Waals surface area contributed by atoms with Crippen molar-refractivity contribution in [3.8, 4) is 5.75 Å². The SMILES string of the molecule is CC(C)(C)c1cc(CN(Cc2ccccc2)C2=NCC(CI)S2)cc(C(C)(C)C)c1O. The number of aromatic hydroxyl groups is 1. The third-order valence-electron chi connectivity index (χ3n) is 5.52. The first-order valence-corrected chi connectivity index (χ1v) is 13.3. The van der Waals surface area contributed by atoms with Crippen LogP contribution in [-0.4, -0.2) is 31.4 Å². The third-order valence-corrected chi connectivity index (χ3v) is 8.43. The fourth-order valence-corrected chi connectivity index (χ4v) is 5.56. The summed E-state index contributed by atoms with van der Waals surface area (Å²) in [6, 6.07) is 15.0. The van der Waals surface area contributed by atoms with E-state index in [9.17, 15) is 5.11 Å². The molecule has 2 aromatic carbocycles. The summed E-state index contributed by atoms with van der Waals surface area (Å²) in [5.41, 5.74) is 4.29. The summed E-state index contributed by atoms with van der Waals surface area (Å²) in [6.45, 7) is 15.5. The molecule has 1 unspecified atom stereocenters. The number of amidine groups is 1. The van der Waals surface area contributed by atoms with Crippen molar-refractivity contribution in [2.75, 3.05) is 11.0 Å². The van der Waals surface area contributed by atoms with Gasteiger partial charge in [-0.1, -0.05) is 106 Å². The quantitative estimate of drug-likeness (QED) is 0.325. The number of hydrogen-bond donors (Lipinski definition) is 1. The van der Waals surface area contributed by atoms with Gasteiger partial charge in [-0.25, -0.2) is 0 Å². The van der Waals surface area contributed by atoms with E-state index in [2.05, 4.69) is 111 Å². The second-order valence-corrected chi connectivity index (χ2v) is 12.5. The van der Waals surface area contributed by atoms with Crippen LogP contribution in [0.25, 0.3) is 0 Å². The Morgan fingerprint density at radius 2 is 1.52 bits per heavy atom. The number of thioether (sulfide) groups is 1. The molecule has 1 aliphatic rings. The summed E-state index contributed by atoms with van der Waals surface area (Å²) in [6.07, 6.45) is 0. The number of benzene rings is 2. The molecule has 0 amide bonds. The molecule has 0 bridgehead atoms. The normalized spacial score (nSPS) is 17.0. The molecular weight excluding hydrogens is 515 g/mol. The lowest BCUT2D eigenvalue weighted by atomic mass is 9.78. The minimum atomic E-state index is -0.129. The number of halogens is 1. The monoisotopic (exact) mass is 550 g/mol. The predicted molar refractivity (Wildman–Crippen MR) is 144 cm³/mol. The molecule has 1 N–H and O–H groups in total. The maximum atomic E-state index is 11.1. The van der Waals surface area contributed by atoms with Crippen LogP contribution in [0.1, 0.15) is 63.8 Å². The number of phenols is 1. The minimum Gasteiger partial charge on any atom is -0.507 e. The number of phenolic OH excluding ortho intramolecular Hbond substituents is 1. The van der Waals surface area contributed by atoms with E-state index in [4.69, 9.17) is 4.99 Å². The number of alkyl halides is 1. The molecule has 3 rings (SSSR count). The average molecular weight is 551 g/mol. The molecular formula is C26H35IN2OS. The van der Waals surface area contributed by atoms with Gasteiger partial charge in [0.2, 0.25) is 0 Å². The zero-order valence-corrected chi connectivity index (χ0v) is 22.5. The standard InChI is InChI=1S/C26H35IN2OS/c1-25(2,3)21-12-19(13-22(23(21)30)26(4,5)6)17-29(16-18-10-8-7-9-11-18)24-28-15-20(14-27)31-24/h7-13,20,30H,14-17H2,1-6H3. The maximum absolute atomic E-state index is 11.1. The Kier molecular flexibility index (Phi) is 7.67. The Labute approximate surface area is 205 Å². The van der Waals surface area contributed by atoms with Crippen LogP contribution in [0.4, 0.5) is 0 Å². The van der Waals surface area contributed by atoms with E-state index in [1.165, 1.54) is 11.1 Å². The van der Waals surface area contributed by atoms with Crippen molar-refractivity contribution in [1.82, 2.24) is 4.90 Å². The zero-order valence-electron chi connectivity index (χ0n) is 19.6. The Hall–Kier alpha value is -1.21. The Morgan fingerprint density at radius 1 is 0.968 bits per heavy atom. The summed E-state index contributed by atoms with van der Waals surface area (Å²) < 4.78 is 1.11. The summed E-state index contributed by atoms with van der Waals surface area (Å²) in [5, 5.41) is 12.8. The van der Waals surface area contributed by atoms with Gasteiger partial charge in [-0.3, -0.25) is 4.99 Å². The summed E-state index contributed by atoms with van der Waals surface area (Å²) in [5.74, 6) is 0.441. The molecule has 3 nitrogen and oxygen atoms in total. The van der Waals surface area contributed by atoms with Crippen LogP contribution in [0.2, 0.25) is 0 Å². The highest BCUT2D eigenvalue weighted by atomic mass is 127. The smallest absolute Gasteiger partial charge is 0.160 e. The van der Waals surface area contributed by atoms with Gasteiger partial charge in [0.1, 0.15) is 5.75 Å². The molecule has 0 spiro atoms. The fourth-order valence-electron chi connectivity index (χ4n) is 3.80. The lowest BCUT2D eigenvalue weighted by molar-refractivity contribution is 0.405. The van der Waals surface area contributed by atoms with Gasteiger partial charge in [-0.05, 0) is 45.2 Å². The third kappa shape index (κ3) is 6.19. The largest absolute Gasteiger partial charge is 0.507 e. The molecule has 0 aromatic heterocycles. The molecule has 5 heteroatoms. The van der Waals surface area contributed by atoms with Gasteiger partial charge in [-0.2, -0.15) is 0 Å². The first kappa shape index (κ1) is 24.4. The second-order valence-electron chi connectivity index (χ2n) is 10.4. The van der Waals surface area contributed by atoms with Crippen molar-refractivity contribution in [2.45, 2.75) is 70.7 Å². The van der Waals surface area contributed by atoms with Crippen molar-refractivity contribution >= 4 is 39.5 Å². The fraction of sp³-hybridized carbons (Fsp3) is 0.500. The summed E-state index contributed by atoms with van der Waals surface area (Å²) >= 11 is 4.36. The van der Waals surface area contributed by atoms with Gasteiger partial charge in [0.05, 0.1) is 6.54 Å². The number of rotatable bonds is 5. The molecule has 1 atom stereocenters. The number of aliphatic imine (C=N–C) groups is 1. The second kappa shape index (κ2) is 9.74. The van der Waals surface area contributed by atoms with Gasteiger partial charge in [0.15, 0.2) is 5.17 Å². The van der Waals surface area contributed by atoms with E-state index in [-0.39, 0.29) is 10.8 Å². The van der Waals surface area contributed by atoms with Gasteiger partial charge >= 0.3 is 0 Å². The number of nitrogens with zero attached hydrogens (tertiary/aromatic N) is 2. The topological polar surface area (TPSA) is 35.8 Å². The highest BCUT2D eigenvalue weighted by molar-refractivity contribution is 14.1. The first-order valence-electron chi connectivity index (χ1n) is 10.9. The van der Waals surface area contributed by atoms with Crippen LogP contribution in [-0.2, 0) is 23.9 Å². The van der Waals surface area contributed by atoms with E-state index < -0.39 is 0 Å². The van der Waals surface area contributed by atoms with Gasteiger partial charge in [0.25, 0.3) is 0 Å². The van der Waals surface area contributed by atoms with E-state index in [1.54, 1.807) is 0 Å². The van der Waals surface area contributed by atoms with Crippen LogP contribution in [0.3, 0.4) is 0 Å². The van der Waals surface area contributed by atoms with Crippen molar-refractivity contribution < 1.29 is 5.11 Å². The van der Waals surface area contributed by atoms with Crippen molar-refractivity contribution in [2.24, 2.45) is 4.99 Å². The van der Waals surface area contributed by atoms with Crippen LogP contribution in [0, 0.1) is 0 Å². The Balaban J connectivity index is 2.00. The molecule has 31 heavy (non-hydrogen) atoms. The van der Waals surface area contributed by atoms with Crippen LogP contribution in [0.5, 0.6) is 5.75 Å². The molecule has 1 aliphatic heterocycles. The van der Waals surface area contributed by atoms with E-state index in [0.717, 1.165) is 40.4 Å². The van der Waals surface area contributed by atoms with E-state index in [1.807, 2.05) is 11.8 Å². The molecule has 0 saturated heterocycles. The molecule has 0 aliphatic carbocycles. The highest BCUT2D eigenvalue weighted by Crippen LogP contribution is 2.40. The molecule has 0 fully saturated rings. The molecule has 0 radical (unpaired) electrons. The summed E-state index contributed by atoms with van der Waals surface area (Å²) in [4.78, 5) is 7.29. The number of hydrogen-bond acceptors (Lipinski definition) is 4. The van der Waals surface area contributed by atoms with Crippen molar-refractivity contribution in [3.63, 3.8) is 0 Å². The van der Waals surface area contributed by atoms with Crippen molar-refractivity contribution in [1.29, 1.82) is 0 Å². The molecule has 168 valence electrons. The summed E-state index contributed by atoms with van der Waals surface area (Å²) in [7, 11) is 0. The van der Waals surface area contributed by atoms with Gasteiger partial charge in [0, 0.05) is 22.8 Å². The highest BCUT2D eigenvalue weighted by Gasteiger charge is 2.28. The average Bonchev–Trinajstić information content (AvgIpc) is 3.17. The van der Waals surface area contributed by atoms with Crippen LogP contribution < -0.4 is 0 Å². The van der Waals surface area contributed by atoms with Crippen LogP contribution >= 0.6 is 34.4 Å². The predicted octanol–water partition coefficient (Wildman–Crippen LogP) is 6.90. The van der Waals surface area contributed by atoms with Gasteiger partial charge in [-0.15, -0.1) is 0 Å². The van der Waals surface area contributed by atoms with Crippen molar-refractivity contribution in [3.05, 3.63) is 64.7 Å². The van der Waals surface area contributed by atoms with Crippen LogP contribution in [0.15, 0.2) is 47.5 Å².